The Bertz CT molecular complexity index is 1190. The van der Waals surface area contributed by atoms with Gasteiger partial charge < -0.3 is 9.15 Å². The number of allylic oxidation sites excluding steroid dienone is 2. The number of benzene rings is 2. The van der Waals surface area contributed by atoms with Crippen molar-refractivity contribution in [3.63, 3.8) is 0 Å². The number of carbonyl (C=O) groups is 1. The van der Waals surface area contributed by atoms with Crippen LogP contribution in [-0.2, 0) is 11.2 Å². The smallest absolute Gasteiger partial charge is 0.379 e. The molecule has 0 radical (unpaired) electrons. The number of rotatable bonds is 2. The van der Waals surface area contributed by atoms with Crippen LogP contribution >= 0.6 is 0 Å². The van der Waals surface area contributed by atoms with Crippen molar-refractivity contribution in [1.29, 1.82) is 0 Å². The van der Waals surface area contributed by atoms with Gasteiger partial charge in [0.1, 0.15) is 5.76 Å². The molecule has 0 bridgehead atoms. The van der Waals surface area contributed by atoms with Gasteiger partial charge in [0.25, 0.3) is 0 Å². The van der Waals surface area contributed by atoms with E-state index in [9.17, 15) is 4.79 Å². The first-order chi connectivity index (χ1) is 12.3. The Labute approximate surface area is 143 Å². The van der Waals surface area contributed by atoms with Crippen molar-refractivity contribution >= 4 is 34.7 Å². The minimum atomic E-state index is -0.484. The molecular formula is C22H14O3. The van der Waals surface area contributed by atoms with Crippen LogP contribution in [0.25, 0.3) is 28.7 Å². The number of carbonyl (C=O) groups excluding carboxylic acids is 1. The van der Waals surface area contributed by atoms with Crippen molar-refractivity contribution in [3.05, 3.63) is 88.2 Å². The molecule has 0 N–H and O–H groups in total. The van der Waals surface area contributed by atoms with Crippen molar-refractivity contribution < 1.29 is 13.9 Å². The summed E-state index contributed by atoms with van der Waals surface area (Å²) < 4.78 is 10.6. The Kier molecular flexibility index (Phi) is 3.01. The summed E-state index contributed by atoms with van der Waals surface area (Å²) in [5, 5.41) is 4.63. The SMILES string of the molecule is O=C(OC1=c2ccc3c4c(ccc3c2C=C1)=CC=CC4)c1ccco1. The van der Waals surface area contributed by atoms with Gasteiger partial charge in [0.15, 0.2) is 0 Å². The summed E-state index contributed by atoms with van der Waals surface area (Å²) in [4.78, 5) is 12.1. The van der Waals surface area contributed by atoms with Gasteiger partial charge in [0.05, 0.1) is 6.26 Å². The maximum absolute atomic E-state index is 12.1. The Morgan fingerprint density at radius 3 is 2.84 bits per heavy atom. The van der Waals surface area contributed by atoms with E-state index in [0.29, 0.717) is 5.76 Å². The predicted octanol–water partition coefficient (Wildman–Crippen LogP) is 3.32. The first kappa shape index (κ1) is 14.1. The molecule has 3 nitrogen and oxygen atoms in total. The van der Waals surface area contributed by atoms with Crippen molar-refractivity contribution in [2.24, 2.45) is 0 Å². The van der Waals surface area contributed by atoms with E-state index in [1.165, 1.54) is 27.8 Å². The van der Waals surface area contributed by atoms with Gasteiger partial charge in [-0.2, -0.15) is 0 Å². The molecule has 120 valence electrons. The van der Waals surface area contributed by atoms with Crippen LogP contribution in [0, 0.1) is 0 Å². The molecule has 3 heteroatoms. The minimum Gasteiger partial charge on any atom is -0.457 e. The number of furan rings is 1. The molecule has 0 spiro atoms. The van der Waals surface area contributed by atoms with E-state index < -0.39 is 5.97 Å². The summed E-state index contributed by atoms with van der Waals surface area (Å²) >= 11 is 0. The van der Waals surface area contributed by atoms with Crippen LogP contribution < -0.4 is 10.4 Å². The van der Waals surface area contributed by atoms with Gasteiger partial charge in [-0.15, -0.1) is 0 Å². The van der Waals surface area contributed by atoms with E-state index in [4.69, 9.17) is 9.15 Å². The highest BCUT2D eigenvalue weighted by atomic mass is 16.5. The zero-order valence-corrected chi connectivity index (χ0v) is 13.4. The molecule has 5 rings (SSSR count). The molecule has 2 aliphatic carbocycles. The van der Waals surface area contributed by atoms with Gasteiger partial charge in [0, 0.05) is 5.22 Å². The van der Waals surface area contributed by atoms with Crippen LogP contribution in [0.1, 0.15) is 21.7 Å². The van der Waals surface area contributed by atoms with Crippen LogP contribution in [-0.4, -0.2) is 5.97 Å². The molecule has 0 fully saturated rings. The van der Waals surface area contributed by atoms with Gasteiger partial charge in [-0.25, -0.2) is 4.79 Å². The fourth-order valence-corrected chi connectivity index (χ4v) is 3.53. The largest absolute Gasteiger partial charge is 0.457 e. The summed E-state index contributed by atoms with van der Waals surface area (Å²) in [5.41, 5.74) is 2.44. The Hall–Kier alpha value is -3.33. The Morgan fingerprint density at radius 2 is 1.96 bits per heavy atom. The summed E-state index contributed by atoms with van der Waals surface area (Å²) in [6.07, 6.45) is 12.7. The van der Waals surface area contributed by atoms with Gasteiger partial charge in [-0.05, 0) is 63.9 Å². The molecule has 2 aliphatic rings. The van der Waals surface area contributed by atoms with Crippen molar-refractivity contribution in [2.45, 2.75) is 6.42 Å². The normalized spacial score (nSPS) is 14.3. The second-order valence-electron chi connectivity index (χ2n) is 6.12. The molecular weight excluding hydrogens is 312 g/mol. The molecule has 0 unspecified atom stereocenters. The van der Waals surface area contributed by atoms with E-state index in [1.807, 2.05) is 18.2 Å². The van der Waals surface area contributed by atoms with Crippen LogP contribution in [0.2, 0.25) is 0 Å². The van der Waals surface area contributed by atoms with Gasteiger partial charge >= 0.3 is 5.97 Å². The van der Waals surface area contributed by atoms with Gasteiger partial charge in [-0.3, -0.25) is 0 Å². The first-order valence-electron chi connectivity index (χ1n) is 8.21. The van der Waals surface area contributed by atoms with Gasteiger partial charge in [-0.1, -0.05) is 36.4 Å². The molecule has 1 aromatic heterocycles. The first-order valence-corrected chi connectivity index (χ1v) is 8.21. The summed E-state index contributed by atoms with van der Waals surface area (Å²) in [5.74, 6) is 0.275. The average Bonchev–Trinajstić information content (AvgIpc) is 3.31. The van der Waals surface area contributed by atoms with Crippen LogP contribution in [0.4, 0.5) is 0 Å². The second kappa shape index (κ2) is 5.35. The lowest BCUT2D eigenvalue weighted by molar-refractivity contribution is 0.0658. The summed E-state index contributed by atoms with van der Waals surface area (Å²) in [6, 6.07) is 11.7. The zero-order valence-electron chi connectivity index (χ0n) is 13.4. The maximum Gasteiger partial charge on any atom is 0.379 e. The van der Waals surface area contributed by atoms with Crippen LogP contribution in [0.5, 0.6) is 0 Å². The maximum atomic E-state index is 12.1. The molecule has 2 aromatic carbocycles. The summed E-state index contributed by atoms with van der Waals surface area (Å²) in [6.45, 7) is 0. The lowest BCUT2D eigenvalue weighted by Crippen LogP contribution is -2.15. The topological polar surface area (TPSA) is 39.4 Å². The number of fused-ring (bicyclic) bond motifs is 5. The third-order valence-electron chi connectivity index (χ3n) is 4.72. The van der Waals surface area contributed by atoms with Crippen LogP contribution in [0.15, 0.2) is 65.3 Å². The molecule has 1 heterocycles. The van der Waals surface area contributed by atoms with E-state index >= 15 is 0 Å². The quantitative estimate of drug-likeness (QED) is 0.678. The Balaban J connectivity index is 1.66. The Morgan fingerprint density at radius 1 is 1.04 bits per heavy atom. The highest BCUT2D eigenvalue weighted by Gasteiger charge is 2.17. The number of hydrogen-bond acceptors (Lipinski definition) is 3. The molecule has 0 saturated carbocycles. The second-order valence-corrected chi connectivity index (χ2v) is 6.12. The van der Waals surface area contributed by atoms with Crippen LogP contribution in [0.3, 0.4) is 0 Å². The fourth-order valence-electron chi connectivity index (χ4n) is 3.53. The number of esters is 1. The highest BCUT2D eigenvalue weighted by molar-refractivity contribution is 5.98. The number of hydrogen-bond donors (Lipinski definition) is 0. The van der Waals surface area contributed by atoms with E-state index in [0.717, 1.165) is 17.2 Å². The van der Waals surface area contributed by atoms with Gasteiger partial charge in [0.2, 0.25) is 5.76 Å². The van der Waals surface area contributed by atoms with E-state index in [1.54, 1.807) is 12.1 Å². The third-order valence-corrected chi connectivity index (χ3v) is 4.72. The van der Waals surface area contributed by atoms with Crippen molar-refractivity contribution in [2.75, 3.05) is 0 Å². The molecule has 25 heavy (non-hydrogen) atoms. The molecule has 0 aliphatic heterocycles. The average molecular weight is 326 g/mol. The minimum absolute atomic E-state index is 0.200. The summed E-state index contributed by atoms with van der Waals surface area (Å²) in [7, 11) is 0. The zero-order chi connectivity index (χ0) is 16.8. The predicted molar refractivity (Wildman–Crippen MR) is 97.1 cm³/mol. The lowest BCUT2D eigenvalue weighted by atomic mass is 9.94. The molecule has 0 amide bonds. The lowest BCUT2D eigenvalue weighted by Gasteiger charge is -2.10. The highest BCUT2D eigenvalue weighted by Crippen LogP contribution is 2.24. The molecule has 0 saturated heterocycles. The van der Waals surface area contributed by atoms with Crippen molar-refractivity contribution in [1.82, 2.24) is 0 Å². The number of ether oxygens (including phenoxy) is 1. The standard InChI is InChI=1S/C22H14O3/c23-22(21-6-3-13-24-21)25-20-12-11-18-17-8-7-14-4-1-2-5-15(14)16(17)9-10-19(18)20/h1-4,6-13H,5H2. The van der Waals surface area contributed by atoms with E-state index in [2.05, 4.69) is 36.4 Å². The fraction of sp³-hybridized carbons (Fsp3) is 0.0455. The van der Waals surface area contributed by atoms with Crippen molar-refractivity contribution in [3.8, 4) is 0 Å². The third kappa shape index (κ3) is 2.17. The molecule has 0 atom stereocenters. The molecule has 3 aromatic rings. The van der Waals surface area contributed by atoms with E-state index in [-0.39, 0.29) is 5.76 Å². The monoisotopic (exact) mass is 326 g/mol.